The van der Waals surface area contributed by atoms with E-state index in [9.17, 15) is 4.79 Å². The largest absolute Gasteiger partial charge is 0.382 e. The summed E-state index contributed by atoms with van der Waals surface area (Å²) in [5, 5.41) is 6.66. The fraction of sp³-hybridized carbons (Fsp3) is 0.533. The second kappa shape index (κ2) is 5.32. The van der Waals surface area contributed by atoms with Crippen LogP contribution < -0.4 is 10.6 Å². The minimum absolute atomic E-state index is 0.143. The predicted molar refractivity (Wildman–Crippen MR) is 81.4 cm³/mol. The molecule has 5 nitrogen and oxygen atoms in total. The third-order valence-electron chi connectivity index (χ3n) is 4.20. The highest BCUT2D eigenvalue weighted by molar-refractivity contribution is 5.96. The Hall–Kier alpha value is -1.75. The summed E-state index contributed by atoms with van der Waals surface area (Å²) < 4.78 is 0. The fourth-order valence-electron chi connectivity index (χ4n) is 2.90. The van der Waals surface area contributed by atoms with Crippen LogP contribution >= 0.6 is 0 Å². The molecule has 0 aliphatic carbocycles. The molecule has 1 saturated heterocycles. The van der Waals surface area contributed by atoms with E-state index in [1.165, 1.54) is 0 Å². The summed E-state index contributed by atoms with van der Waals surface area (Å²) in [6, 6.07) is 6.36. The second-order valence-corrected chi connectivity index (χ2v) is 5.77. The Kier molecular flexibility index (Phi) is 3.53. The molecule has 2 aliphatic heterocycles. The summed E-state index contributed by atoms with van der Waals surface area (Å²) in [4.78, 5) is 16.7. The molecule has 1 aromatic carbocycles. The lowest BCUT2D eigenvalue weighted by molar-refractivity contribution is 0.0783. The van der Waals surface area contributed by atoms with Gasteiger partial charge in [0, 0.05) is 37.8 Å². The molecular formula is C15H22N4O. The zero-order valence-corrected chi connectivity index (χ0v) is 12.1. The van der Waals surface area contributed by atoms with Crippen LogP contribution in [0.15, 0.2) is 18.2 Å². The number of likely N-dealkylation sites (tertiary alicyclic amines) is 1. The molecule has 0 spiro atoms. The van der Waals surface area contributed by atoms with Gasteiger partial charge in [0.1, 0.15) is 0 Å². The number of hydrogen-bond donors (Lipinski definition) is 2. The second-order valence-electron chi connectivity index (χ2n) is 5.77. The van der Waals surface area contributed by atoms with Crippen molar-refractivity contribution in [1.29, 1.82) is 0 Å². The van der Waals surface area contributed by atoms with Gasteiger partial charge in [0.05, 0.1) is 11.4 Å². The van der Waals surface area contributed by atoms with Gasteiger partial charge < -0.3 is 20.4 Å². The van der Waals surface area contributed by atoms with Gasteiger partial charge in [-0.3, -0.25) is 4.79 Å². The van der Waals surface area contributed by atoms with E-state index in [2.05, 4.69) is 29.6 Å². The van der Waals surface area contributed by atoms with Crippen molar-refractivity contribution in [3.8, 4) is 0 Å². The molecule has 108 valence electrons. The topological polar surface area (TPSA) is 47.6 Å². The van der Waals surface area contributed by atoms with Crippen LogP contribution in [0.1, 0.15) is 16.8 Å². The van der Waals surface area contributed by atoms with Crippen molar-refractivity contribution < 1.29 is 4.79 Å². The number of hydrogen-bond acceptors (Lipinski definition) is 4. The van der Waals surface area contributed by atoms with Crippen molar-refractivity contribution in [3.05, 3.63) is 23.8 Å². The average Bonchev–Trinajstić information content (AvgIpc) is 2.96. The maximum Gasteiger partial charge on any atom is 0.253 e. The van der Waals surface area contributed by atoms with Crippen molar-refractivity contribution in [2.45, 2.75) is 12.5 Å². The van der Waals surface area contributed by atoms with E-state index in [0.717, 1.165) is 49.5 Å². The number of nitrogens with zero attached hydrogens (tertiary/aromatic N) is 2. The quantitative estimate of drug-likeness (QED) is 0.853. The van der Waals surface area contributed by atoms with Crippen LogP contribution in [0.25, 0.3) is 0 Å². The molecule has 1 aromatic rings. The van der Waals surface area contributed by atoms with E-state index in [0.29, 0.717) is 6.04 Å². The third-order valence-corrected chi connectivity index (χ3v) is 4.20. The smallest absolute Gasteiger partial charge is 0.253 e. The molecule has 1 amide bonds. The normalized spacial score (nSPS) is 21.4. The first-order chi connectivity index (χ1) is 9.65. The molecule has 5 heteroatoms. The van der Waals surface area contributed by atoms with Crippen molar-refractivity contribution in [3.63, 3.8) is 0 Å². The van der Waals surface area contributed by atoms with Crippen LogP contribution in [0, 0.1) is 0 Å². The zero-order chi connectivity index (χ0) is 14.1. The SMILES string of the molecule is CN(C)C1CCN(C(=O)c2ccc3c(c2)NCCN3)C1. The van der Waals surface area contributed by atoms with Crippen LogP contribution in [0.2, 0.25) is 0 Å². The Balaban J connectivity index is 1.74. The molecule has 2 N–H and O–H groups in total. The van der Waals surface area contributed by atoms with Gasteiger partial charge in [0.2, 0.25) is 0 Å². The summed E-state index contributed by atoms with van der Waals surface area (Å²) in [6.45, 7) is 3.51. The van der Waals surface area contributed by atoms with E-state index >= 15 is 0 Å². The van der Waals surface area contributed by atoms with Gasteiger partial charge in [-0.1, -0.05) is 0 Å². The minimum atomic E-state index is 0.143. The van der Waals surface area contributed by atoms with Crippen molar-refractivity contribution in [1.82, 2.24) is 9.80 Å². The van der Waals surface area contributed by atoms with Crippen molar-refractivity contribution >= 4 is 17.3 Å². The lowest BCUT2D eigenvalue weighted by Crippen LogP contribution is -2.34. The number of amides is 1. The molecule has 20 heavy (non-hydrogen) atoms. The molecular weight excluding hydrogens is 252 g/mol. The molecule has 1 atom stereocenters. The average molecular weight is 274 g/mol. The lowest BCUT2D eigenvalue weighted by atomic mass is 10.1. The van der Waals surface area contributed by atoms with Gasteiger partial charge in [-0.2, -0.15) is 0 Å². The highest BCUT2D eigenvalue weighted by Gasteiger charge is 2.28. The fourth-order valence-corrected chi connectivity index (χ4v) is 2.90. The molecule has 2 heterocycles. The van der Waals surface area contributed by atoms with Crippen LogP contribution in [0.4, 0.5) is 11.4 Å². The van der Waals surface area contributed by atoms with E-state index in [1.54, 1.807) is 0 Å². The summed E-state index contributed by atoms with van der Waals surface area (Å²) in [5.74, 6) is 0.143. The first-order valence-corrected chi connectivity index (χ1v) is 7.22. The maximum absolute atomic E-state index is 12.6. The van der Waals surface area contributed by atoms with Crippen molar-refractivity contribution in [2.24, 2.45) is 0 Å². The Morgan fingerprint density at radius 2 is 2.00 bits per heavy atom. The number of benzene rings is 1. The lowest BCUT2D eigenvalue weighted by Gasteiger charge is -2.23. The molecule has 0 radical (unpaired) electrons. The Morgan fingerprint density at radius 3 is 2.70 bits per heavy atom. The molecule has 0 saturated carbocycles. The Morgan fingerprint density at radius 1 is 1.25 bits per heavy atom. The Labute approximate surface area is 119 Å². The summed E-state index contributed by atoms with van der Waals surface area (Å²) in [7, 11) is 4.15. The monoisotopic (exact) mass is 274 g/mol. The minimum Gasteiger partial charge on any atom is -0.382 e. The van der Waals surface area contributed by atoms with E-state index in [-0.39, 0.29) is 5.91 Å². The number of carbonyl (C=O) groups excluding carboxylic acids is 1. The summed E-state index contributed by atoms with van der Waals surface area (Å²) >= 11 is 0. The molecule has 1 fully saturated rings. The molecule has 3 rings (SSSR count). The van der Waals surface area contributed by atoms with Crippen LogP contribution in [0.5, 0.6) is 0 Å². The summed E-state index contributed by atoms with van der Waals surface area (Å²) in [6.07, 6.45) is 1.06. The third kappa shape index (κ3) is 2.45. The first kappa shape index (κ1) is 13.2. The predicted octanol–water partition coefficient (Wildman–Crippen LogP) is 1.30. The van der Waals surface area contributed by atoms with E-state index < -0.39 is 0 Å². The maximum atomic E-state index is 12.6. The molecule has 2 aliphatic rings. The van der Waals surface area contributed by atoms with Gasteiger partial charge in [0.15, 0.2) is 0 Å². The highest BCUT2D eigenvalue weighted by atomic mass is 16.2. The molecule has 0 bridgehead atoms. The van der Waals surface area contributed by atoms with Gasteiger partial charge in [-0.15, -0.1) is 0 Å². The van der Waals surface area contributed by atoms with Gasteiger partial charge in [-0.25, -0.2) is 0 Å². The molecule has 0 aromatic heterocycles. The first-order valence-electron chi connectivity index (χ1n) is 7.22. The van der Waals surface area contributed by atoms with Crippen LogP contribution in [-0.4, -0.2) is 62.0 Å². The number of nitrogens with one attached hydrogen (secondary N) is 2. The van der Waals surface area contributed by atoms with Crippen LogP contribution in [0.3, 0.4) is 0 Å². The standard InChI is InChI=1S/C15H22N4O/c1-18(2)12-5-8-19(10-12)15(20)11-3-4-13-14(9-11)17-7-6-16-13/h3-4,9,12,16-17H,5-8,10H2,1-2H3. The van der Waals surface area contributed by atoms with E-state index in [4.69, 9.17) is 0 Å². The Bertz CT molecular complexity index is 515. The number of anilines is 2. The number of likely N-dealkylation sites (N-methyl/N-ethyl adjacent to an activating group) is 1. The number of rotatable bonds is 2. The number of carbonyl (C=O) groups is 1. The highest BCUT2D eigenvalue weighted by Crippen LogP contribution is 2.26. The van der Waals surface area contributed by atoms with Crippen LogP contribution in [-0.2, 0) is 0 Å². The molecule has 1 unspecified atom stereocenters. The summed E-state index contributed by atoms with van der Waals surface area (Å²) in [5.41, 5.74) is 2.89. The zero-order valence-electron chi connectivity index (χ0n) is 12.1. The number of fused-ring (bicyclic) bond motifs is 1. The van der Waals surface area contributed by atoms with E-state index in [1.807, 2.05) is 23.1 Å². The van der Waals surface area contributed by atoms with Gasteiger partial charge in [0.25, 0.3) is 5.91 Å². The van der Waals surface area contributed by atoms with Gasteiger partial charge >= 0.3 is 0 Å². The van der Waals surface area contributed by atoms with Gasteiger partial charge in [-0.05, 0) is 38.7 Å². The van der Waals surface area contributed by atoms with Crippen molar-refractivity contribution in [2.75, 3.05) is 50.9 Å².